The lowest BCUT2D eigenvalue weighted by Crippen LogP contribution is -2.50. The molecule has 2 aromatic rings. The predicted octanol–water partition coefficient (Wildman–Crippen LogP) is 3.49. The van der Waals surface area contributed by atoms with Crippen LogP contribution in [0.15, 0.2) is 54.6 Å². The maximum absolute atomic E-state index is 13.6. The molecule has 2 amide bonds. The van der Waals surface area contributed by atoms with Crippen molar-refractivity contribution in [3.05, 3.63) is 65.7 Å². The highest BCUT2D eigenvalue weighted by atomic mass is 16.5. The molecule has 3 aliphatic rings. The van der Waals surface area contributed by atoms with E-state index in [-0.39, 0.29) is 11.8 Å². The molecule has 2 saturated heterocycles. The second-order valence-electron chi connectivity index (χ2n) is 11.3. The van der Waals surface area contributed by atoms with Crippen molar-refractivity contribution in [1.29, 1.82) is 0 Å². The molecule has 3 aliphatic heterocycles. The molecule has 204 valence electrons. The van der Waals surface area contributed by atoms with Crippen molar-refractivity contribution >= 4 is 11.8 Å². The van der Waals surface area contributed by atoms with Crippen LogP contribution in [-0.2, 0) is 22.7 Å². The average Bonchev–Trinajstić information content (AvgIpc) is 2.93. The zero-order valence-corrected chi connectivity index (χ0v) is 22.8. The minimum atomic E-state index is 0.187. The number of likely N-dealkylation sites (N-methyl/N-ethyl adjacent to an activating group) is 1. The molecule has 3 heterocycles. The number of piperidine rings is 1. The number of hydrogen-bond donors (Lipinski definition) is 0. The Morgan fingerprint density at radius 3 is 2.50 bits per heavy atom. The first kappa shape index (κ1) is 26.7. The lowest BCUT2D eigenvalue weighted by Gasteiger charge is -2.40. The molecule has 2 atom stereocenters. The Morgan fingerprint density at radius 1 is 0.921 bits per heavy atom. The van der Waals surface area contributed by atoms with Crippen LogP contribution in [0, 0.1) is 11.8 Å². The summed E-state index contributed by atoms with van der Waals surface area (Å²) in [4.78, 5) is 35.4. The Balaban J connectivity index is 1.30. The lowest BCUT2D eigenvalue weighted by molar-refractivity contribution is -0.137. The molecule has 7 nitrogen and oxygen atoms in total. The molecule has 2 bridgehead atoms. The van der Waals surface area contributed by atoms with E-state index in [2.05, 4.69) is 39.9 Å². The second-order valence-corrected chi connectivity index (χ2v) is 11.3. The molecule has 7 heteroatoms. The topological polar surface area (TPSA) is 56.3 Å². The highest BCUT2D eigenvalue weighted by molar-refractivity contribution is 5.79. The summed E-state index contributed by atoms with van der Waals surface area (Å²) < 4.78 is 6.28. The first-order valence-corrected chi connectivity index (χ1v) is 14.3. The van der Waals surface area contributed by atoms with Crippen LogP contribution in [0.4, 0.5) is 0 Å². The van der Waals surface area contributed by atoms with E-state index >= 15 is 0 Å². The molecule has 2 aromatic carbocycles. The SMILES string of the molecule is CN1CCN(C(=O)C[C@@H]2CCN3C[C@@H]2CCCOc2ccccc2CN(Cc2ccccc2)CC3=O)CC1. The molecule has 2 fully saturated rings. The Bertz CT molecular complexity index is 1070. The summed E-state index contributed by atoms with van der Waals surface area (Å²) in [7, 11) is 2.11. The van der Waals surface area contributed by atoms with Crippen LogP contribution in [0.5, 0.6) is 5.75 Å². The predicted molar refractivity (Wildman–Crippen MR) is 149 cm³/mol. The molecule has 5 rings (SSSR count). The van der Waals surface area contributed by atoms with Crippen molar-refractivity contribution in [2.75, 3.05) is 59.5 Å². The molecule has 38 heavy (non-hydrogen) atoms. The molecule has 0 aliphatic carbocycles. The van der Waals surface area contributed by atoms with E-state index in [9.17, 15) is 9.59 Å². The van der Waals surface area contributed by atoms with Gasteiger partial charge in [-0.3, -0.25) is 14.5 Å². The number of nitrogens with zero attached hydrogens (tertiary/aromatic N) is 4. The van der Waals surface area contributed by atoms with Gasteiger partial charge in [-0.25, -0.2) is 0 Å². The Morgan fingerprint density at radius 2 is 1.68 bits per heavy atom. The third-order valence-corrected chi connectivity index (χ3v) is 8.49. The number of amides is 2. The van der Waals surface area contributed by atoms with Crippen LogP contribution in [0.25, 0.3) is 0 Å². The molecule has 0 saturated carbocycles. The van der Waals surface area contributed by atoms with Crippen LogP contribution in [0.1, 0.15) is 36.8 Å². The first-order valence-electron chi connectivity index (χ1n) is 14.3. The first-order chi connectivity index (χ1) is 18.5. The van der Waals surface area contributed by atoms with Crippen molar-refractivity contribution in [2.45, 2.75) is 38.8 Å². The monoisotopic (exact) mass is 518 g/mol. The number of carbonyl (C=O) groups is 2. The fourth-order valence-electron chi connectivity index (χ4n) is 6.16. The molecule has 0 unspecified atom stereocenters. The van der Waals surface area contributed by atoms with Gasteiger partial charge < -0.3 is 19.4 Å². The van der Waals surface area contributed by atoms with Gasteiger partial charge in [0.2, 0.25) is 11.8 Å². The highest BCUT2D eigenvalue weighted by Gasteiger charge is 2.34. The van der Waals surface area contributed by atoms with Crippen LogP contribution in [0.3, 0.4) is 0 Å². The molecular formula is C31H42N4O3. The van der Waals surface area contributed by atoms with E-state index in [4.69, 9.17) is 4.74 Å². The van der Waals surface area contributed by atoms with Gasteiger partial charge in [-0.2, -0.15) is 0 Å². The minimum Gasteiger partial charge on any atom is -0.493 e. The molecule has 0 N–H and O–H groups in total. The Labute approximate surface area is 227 Å². The largest absolute Gasteiger partial charge is 0.493 e. The van der Waals surface area contributed by atoms with Gasteiger partial charge >= 0.3 is 0 Å². The summed E-state index contributed by atoms with van der Waals surface area (Å²) in [6.07, 6.45) is 3.39. The van der Waals surface area contributed by atoms with Gasteiger partial charge in [0.1, 0.15) is 5.75 Å². The Hall–Kier alpha value is -2.90. The zero-order chi connectivity index (χ0) is 26.3. The standard InChI is InChI=1S/C31H42N4O3/c1-32-15-17-34(18-16-32)30(36)20-26-13-14-35-23-27(26)11-7-19-38-29-12-6-5-10-28(29)22-33(24-31(35)37)21-25-8-3-2-4-9-25/h2-6,8-10,12,26-27H,7,11,13-24H2,1H3/t26-,27-/m0/s1. The van der Waals surface area contributed by atoms with Crippen molar-refractivity contribution in [3.63, 3.8) is 0 Å². The average molecular weight is 519 g/mol. The minimum absolute atomic E-state index is 0.187. The van der Waals surface area contributed by atoms with E-state index in [0.717, 1.165) is 69.8 Å². The number of piperazine rings is 1. The van der Waals surface area contributed by atoms with Crippen molar-refractivity contribution in [2.24, 2.45) is 11.8 Å². The van der Waals surface area contributed by atoms with E-state index in [1.165, 1.54) is 5.56 Å². The number of ether oxygens (including phenoxy) is 1. The number of para-hydroxylation sites is 1. The van der Waals surface area contributed by atoms with Crippen molar-refractivity contribution < 1.29 is 14.3 Å². The second kappa shape index (κ2) is 12.8. The summed E-state index contributed by atoms with van der Waals surface area (Å²) in [6, 6.07) is 18.6. The third-order valence-electron chi connectivity index (χ3n) is 8.49. The van der Waals surface area contributed by atoms with Gasteiger partial charge in [0.25, 0.3) is 0 Å². The third kappa shape index (κ3) is 6.94. The zero-order valence-electron chi connectivity index (χ0n) is 22.8. The van der Waals surface area contributed by atoms with Gasteiger partial charge in [0, 0.05) is 64.3 Å². The fourth-order valence-corrected chi connectivity index (χ4v) is 6.16. The fraction of sp³-hybridized carbons (Fsp3) is 0.548. The number of carbonyl (C=O) groups excluding carboxylic acids is 2. The van der Waals surface area contributed by atoms with Crippen LogP contribution in [0.2, 0.25) is 0 Å². The molecule has 0 aromatic heterocycles. The number of fused-ring (bicyclic) bond motifs is 3. The Kier molecular flexibility index (Phi) is 8.97. The summed E-state index contributed by atoms with van der Waals surface area (Å²) in [5, 5.41) is 0. The van der Waals surface area contributed by atoms with E-state index < -0.39 is 0 Å². The van der Waals surface area contributed by atoms with Crippen LogP contribution < -0.4 is 4.74 Å². The maximum Gasteiger partial charge on any atom is 0.236 e. The summed E-state index contributed by atoms with van der Waals surface area (Å²) in [5.74, 6) is 2.02. The quantitative estimate of drug-likeness (QED) is 0.620. The van der Waals surface area contributed by atoms with E-state index in [1.54, 1.807) is 0 Å². The van der Waals surface area contributed by atoms with Gasteiger partial charge in [0.15, 0.2) is 0 Å². The highest BCUT2D eigenvalue weighted by Crippen LogP contribution is 2.32. The summed E-state index contributed by atoms with van der Waals surface area (Å²) >= 11 is 0. The van der Waals surface area contributed by atoms with Gasteiger partial charge in [-0.05, 0) is 49.8 Å². The maximum atomic E-state index is 13.6. The van der Waals surface area contributed by atoms with E-state index in [0.29, 0.717) is 44.5 Å². The number of benzene rings is 2. The van der Waals surface area contributed by atoms with Crippen LogP contribution >= 0.6 is 0 Å². The lowest BCUT2D eigenvalue weighted by atomic mass is 9.80. The van der Waals surface area contributed by atoms with Gasteiger partial charge in [0.05, 0.1) is 13.2 Å². The summed E-state index contributed by atoms with van der Waals surface area (Å²) in [6.45, 7) is 7.41. The number of hydrogen-bond acceptors (Lipinski definition) is 5. The number of rotatable bonds is 4. The van der Waals surface area contributed by atoms with Crippen molar-refractivity contribution in [3.8, 4) is 5.75 Å². The molecular weight excluding hydrogens is 476 g/mol. The van der Waals surface area contributed by atoms with Crippen molar-refractivity contribution in [1.82, 2.24) is 19.6 Å². The van der Waals surface area contributed by atoms with Gasteiger partial charge in [-0.15, -0.1) is 0 Å². The smallest absolute Gasteiger partial charge is 0.236 e. The summed E-state index contributed by atoms with van der Waals surface area (Å²) in [5.41, 5.74) is 2.31. The molecule has 0 spiro atoms. The van der Waals surface area contributed by atoms with Gasteiger partial charge in [-0.1, -0.05) is 48.5 Å². The normalized spacial score (nSPS) is 24.0. The van der Waals surface area contributed by atoms with Crippen LogP contribution in [-0.4, -0.2) is 90.9 Å². The molecule has 0 radical (unpaired) electrons. The van der Waals surface area contributed by atoms with E-state index in [1.807, 2.05) is 41.3 Å².